The molecule has 0 saturated heterocycles. The van der Waals surface area contributed by atoms with Gasteiger partial charge in [-0.3, -0.25) is 14.4 Å². The Morgan fingerprint density at radius 2 is 1.77 bits per heavy atom. The maximum Gasteiger partial charge on any atom is 0.283 e. The normalized spacial score (nSPS) is 17.1. The Bertz CT molecular complexity index is 1060. The van der Waals surface area contributed by atoms with Crippen molar-refractivity contribution in [1.29, 1.82) is 0 Å². The van der Waals surface area contributed by atoms with E-state index in [1.807, 2.05) is 19.1 Å². The molecule has 2 N–H and O–H groups in total. The zero-order valence-corrected chi connectivity index (χ0v) is 17.3. The molecule has 1 heterocycles. The summed E-state index contributed by atoms with van der Waals surface area (Å²) < 4.78 is 0. The molecule has 4 rings (SSSR count). The van der Waals surface area contributed by atoms with Gasteiger partial charge in [-0.2, -0.15) is 0 Å². The Labute approximate surface area is 179 Å². The average Bonchev–Trinajstić information content (AvgIpc) is 3.32. The van der Waals surface area contributed by atoms with E-state index in [0.717, 1.165) is 36.1 Å². The molecule has 1 aliphatic heterocycles. The fraction of sp³-hybridized carbons (Fsp3) is 0.261. The average molecular weight is 424 g/mol. The summed E-state index contributed by atoms with van der Waals surface area (Å²) in [5, 5.41) is 5.80. The number of aryl methyl sites for hydroxylation is 1. The Kier molecular flexibility index (Phi) is 5.59. The standard InChI is InChI=1S/C23H22ClN3O3/c1-14-7-2-5-12-18(14)27-22(29)19(24)20(23(27)30)25-17-11-6-8-15(13-17)21(28)26-16-9-3-4-10-16/h2,5-8,11-13,16,25H,3-4,9-10H2,1H3,(H,26,28). The number of benzene rings is 2. The number of halogens is 1. The number of rotatable bonds is 5. The van der Waals surface area contributed by atoms with Gasteiger partial charge in [-0.05, 0) is 49.6 Å². The van der Waals surface area contributed by atoms with Crippen LogP contribution in [0.5, 0.6) is 0 Å². The zero-order valence-electron chi connectivity index (χ0n) is 16.6. The van der Waals surface area contributed by atoms with E-state index in [1.54, 1.807) is 36.4 Å². The summed E-state index contributed by atoms with van der Waals surface area (Å²) >= 11 is 6.21. The summed E-state index contributed by atoms with van der Waals surface area (Å²) in [6, 6.07) is 14.1. The third-order valence-corrected chi connectivity index (χ3v) is 5.82. The topological polar surface area (TPSA) is 78.5 Å². The minimum atomic E-state index is -0.575. The van der Waals surface area contributed by atoms with Crippen LogP contribution < -0.4 is 15.5 Å². The molecule has 6 nitrogen and oxygen atoms in total. The quantitative estimate of drug-likeness (QED) is 0.709. The van der Waals surface area contributed by atoms with Crippen molar-refractivity contribution < 1.29 is 14.4 Å². The maximum absolute atomic E-state index is 13.0. The van der Waals surface area contributed by atoms with Crippen molar-refractivity contribution in [3.8, 4) is 0 Å². The second-order valence-electron chi connectivity index (χ2n) is 7.58. The molecule has 2 aromatic rings. The van der Waals surface area contributed by atoms with Crippen LogP contribution in [0.3, 0.4) is 0 Å². The molecule has 0 bridgehead atoms. The van der Waals surface area contributed by atoms with Crippen LogP contribution in [0.25, 0.3) is 0 Å². The molecular weight excluding hydrogens is 402 g/mol. The van der Waals surface area contributed by atoms with Crippen LogP contribution in [0.2, 0.25) is 0 Å². The molecule has 1 fully saturated rings. The van der Waals surface area contributed by atoms with Crippen LogP contribution in [-0.4, -0.2) is 23.8 Å². The molecule has 0 unspecified atom stereocenters. The second kappa shape index (κ2) is 8.32. The van der Waals surface area contributed by atoms with E-state index in [2.05, 4.69) is 10.6 Å². The first-order chi connectivity index (χ1) is 14.5. The second-order valence-corrected chi connectivity index (χ2v) is 7.96. The number of carbonyl (C=O) groups is 3. The highest BCUT2D eigenvalue weighted by Crippen LogP contribution is 2.32. The molecule has 0 aromatic heterocycles. The van der Waals surface area contributed by atoms with Crippen molar-refractivity contribution in [2.45, 2.75) is 38.6 Å². The Hall–Kier alpha value is -3.12. The number of hydrogen-bond donors (Lipinski definition) is 2. The molecule has 3 amide bonds. The summed E-state index contributed by atoms with van der Waals surface area (Å²) in [6.07, 6.45) is 4.26. The summed E-state index contributed by atoms with van der Waals surface area (Å²) in [5.41, 5.74) is 2.27. The molecule has 1 saturated carbocycles. The number of anilines is 2. The Morgan fingerprint density at radius 1 is 1.03 bits per heavy atom. The van der Waals surface area contributed by atoms with E-state index in [4.69, 9.17) is 11.6 Å². The molecule has 30 heavy (non-hydrogen) atoms. The highest BCUT2D eigenvalue weighted by atomic mass is 35.5. The van der Waals surface area contributed by atoms with Gasteiger partial charge in [0.15, 0.2) is 0 Å². The van der Waals surface area contributed by atoms with Crippen molar-refractivity contribution in [3.05, 3.63) is 70.4 Å². The van der Waals surface area contributed by atoms with Gasteiger partial charge in [0.25, 0.3) is 17.7 Å². The lowest BCUT2D eigenvalue weighted by Gasteiger charge is -2.17. The van der Waals surface area contributed by atoms with Crippen LogP contribution in [-0.2, 0) is 9.59 Å². The van der Waals surface area contributed by atoms with E-state index in [0.29, 0.717) is 16.9 Å². The predicted molar refractivity (Wildman–Crippen MR) is 116 cm³/mol. The summed E-state index contributed by atoms with van der Waals surface area (Å²) in [7, 11) is 0. The van der Waals surface area contributed by atoms with Crippen LogP contribution >= 0.6 is 11.6 Å². The largest absolute Gasteiger partial charge is 0.350 e. The van der Waals surface area contributed by atoms with Crippen molar-refractivity contribution in [3.63, 3.8) is 0 Å². The van der Waals surface area contributed by atoms with Gasteiger partial charge in [-0.25, -0.2) is 4.90 Å². The first-order valence-electron chi connectivity index (χ1n) is 9.98. The van der Waals surface area contributed by atoms with Gasteiger partial charge in [0, 0.05) is 17.3 Å². The third-order valence-electron chi connectivity index (χ3n) is 5.47. The van der Waals surface area contributed by atoms with Gasteiger partial charge in [-0.1, -0.05) is 48.7 Å². The lowest BCUT2D eigenvalue weighted by Crippen LogP contribution is -2.33. The van der Waals surface area contributed by atoms with E-state index < -0.39 is 11.8 Å². The first kappa shape index (κ1) is 20.2. The Morgan fingerprint density at radius 3 is 2.50 bits per heavy atom. The molecule has 0 radical (unpaired) electrons. The van der Waals surface area contributed by atoms with Crippen LogP contribution in [0, 0.1) is 6.92 Å². The fourth-order valence-electron chi connectivity index (χ4n) is 3.87. The van der Waals surface area contributed by atoms with Crippen molar-refractivity contribution in [2.24, 2.45) is 0 Å². The molecule has 2 aromatic carbocycles. The monoisotopic (exact) mass is 423 g/mol. The summed E-state index contributed by atoms with van der Waals surface area (Å²) in [5.74, 6) is -1.25. The van der Waals surface area contributed by atoms with Gasteiger partial charge < -0.3 is 10.6 Å². The Balaban J connectivity index is 1.54. The lowest BCUT2D eigenvalue weighted by atomic mass is 10.1. The molecule has 0 spiro atoms. The number of carbonyl (C=O) groups excluding carboxylic acids is 3. The van der Waals surface area contributed by atoms with Crippen LogP contribution in [0.4, 0.5) is 11.4 Å². The number of nitrogens with zero attached hydrogens (tertiary/aromatic N) is 1. The zero-order chi connectivity index (χ0) is 21.3. The predicted octanol–water partition coefficient (Wildman–Crippen LogP) is 4.10. The van der Waals surface area contributed by atoms with Crippen LogP contribution in [0.15, 0.2) is 59.3 Å². The van der Waals surface area contributed by atoms with E-state index >= 15 is 0 Å². The van der Waals surface area contributed by atoms with Gasteiger partial charge in [-0.15, -0.1) is 0 Å². The minimum absolute atomic E-state index is 0.00160. The molecule has 154 valence electrons. The van der Waals surface area contributed by atoms with E-state index in [1.165, 1.54) is 0 Å². The van der Waals surface area contributed by atoms with Gasteiger partial charge >= 0.3 is 0 Å². The first-order valence-corrected chi connectivity index (χ1v) is 10.4. The summed E-state index contributed by atoms with van der Waals surface area (Å²) in [4.78, 5) is 39.2. The van der Waals surface area contributed by atoms with Crippen LogP contribution in [0.1, 0.15) is 41.6 Å². The smallest absolute Gasteiger partial charge is 0.283 e. The number of para-hydroxylation sites is 1. The number of amides is 3. The van der Waals surface area contributed by atoms with Crippen molar-refractivity contribution >= 4 is 40.7 Å². The molecule has 0 atom stereocenters. The van der Waals surface area contributed by atoms with Gasteiger partial charge in [0.05, 0.1) is 5.69 Å². The molecule has 1 aliphatic carbocycles. The maximum atomic E-state index is 13.0. The molecule has 2 aliphatic rings. The van der Waals surface area contributed by atoms with Gasteiger partial charge in [0.1, 0.15) is 10.7 Å². The molecular formula is C23H22ClN3O3. The fourth-order valence-corrected chi connectivity index (χ4v) is 4.08. The lowest BCUT2D eigenvalue weighted by molar-refractivity contribution is -0.120. The number of imide groups is 1. The number of hydrogen-bond acceptors (Lipinski definition) is 4. The van der Waals surface area contributed by atoms with Gasteiger partial charge in [0.2, 0.25) is 0 Å². The van der Waals surface area contributed by atoms with Crippen molar-refractivity contribution in [1.82, 2.24) is 5.32 Å². The third kappa shape index (κ3) is 3.83. The highest BCUT2D eigenvalue weighted by Gasteiger charge is 2.39. The summed E-state index contributed by atoms with van der Waals surface area (Å²) in [6.45, 7) is 1.82. The SMILES string of the molecule is Cc1ccccc1N1C(=O)C(Cl)=C(Nc2cccc(C(=O)NC3CCCC3)c2)C1=O. The van der Waals surface area contributed by atoms with Crippen molar-refractivity contribution in [2.75, 3.05) is 10.2 Å². The van der Waals surface area contributed by atoms with E-state index in [-0.39, 0.29) is 22.7 Å². The van der Waals surface area contributed by atoms with E-state index in [9.17, 15) is 14.4 Å². The minimum Gasteiger partial charge on any atom is -0.350 e. The molecule has 7 heteroatoms. The highest BCUT2D eigenvalue weighted by molar-refractivity contribution is 6.53. The number of nitrogens with one attached hydrogen (secondary N) is 2.